The average Bonchev–Trinajstić information content (AvgIpc) is 3.30. The van der Waals surface area contributed by atoms with Gasteiger partial charge in [-0.25, -0.2) is 4.39 Å². The smallest absolute Gasteiger partial charge is 0.430 e. The van der Waals surface area contributed by atoms with Gasteiger partial charge in [0.25, 0.3) is 0 Å². The second-order valence-electron chi connectivity index (χ2n) is 11.1. The first-order chi connectivity index (χ1) is 21.3. The minimum Gasteiger partial charge on any atom is -0.542 e. The lowest BCUT2D eigenvalue weighted by Crippen LogP contribution is -3.12. The Bertz CT molecular complexity index is 1520. The van der Waals surface area contributed by atoms with Crippen LogP contribution >= 0.6 is 0 Å². The summed E-state index contributed by atoms with van der Waals surface area (Å²) in [7, 11) is 0. The van der Waals surface area contributed by atoms with E-state index in [-0.39, 0.29) is 22.7 Å². The van der Waals surface area contributed by atoms with E-state index in [9.17, 15) is 27.2 Å². The van der Waals surface area contributed by atoms with E-state index in [1.54, 1.807) is 29.2 Å². The molecule has 9 nitrogen and oxygen atoms in total. The zero-order valence-electron chi connectivity index (χ0n) is 25.0. The lowest BCUT2D eigenvalue weighted by atomic mass is 9.77. The zero-order valence-corrected chi connectivity index (χ0v) is 25.0. The fourth-order valence-corrected chi connectivity index (χ4v) is 5.83. The van der Waals surface area contributed by atoms with Crippen molar-refractivity contribution in [1.82, 2.24) is 4.98 Å². The van der Waals surface area contributed by atoms with Crippen molar-refractivity contribution in [3.63, 3.8) is 0 Å². The number of carboxylic acid groups (broad SMARTS) is 1. The number of quaternary nitrogens is 1. The lowest BCUT2D eigenvalue weighted by molar-refractivity contribution is -0.921. The molecule has 2 saturated heterocycles. The number of carboxylic acids is 1. The Morgan fingerprint density at radius 2 is 1.58 bits per heavy atom. The van der Waals surface area contributed by atoms with Crippen LogP contribution in [0, 0.1) is 11.2 Å². The van der Waals surface area contributed by atoms with E-state index in [0.29, 0.717) is 32.0 Å². The van der Waals surface area contributed by atoms with E-state index in [4.69, 9.17) is 19.4 Å². The summed E-state index contributed by atoms with van der Waals surface area (Å²) < 4.78 is 57.2. The van der Waals surface area contributed by atoms with Gasteiger partial charge < -0.3 is 29.3 Å². The molecule has 5 rings (SSSR count). The van der Waals surface area contributed by atoms with Crippen LogP contribution in [-0.4, -0.2) is 55.9 Å². The number of nitrogens with one attached hydrogen (secondary N) is 2. The molecule has 0 aliphatic carbocycles. The average molecular weight is 634 g/mol. The summed E-state index contributed by atoms with van der Waals surface area (Å²) in [4.78, 5) is 39.4. The van der Waals surface area contributed by atoms with Gasteiger partial charge in [-0.15, -0.1) is 0 Å². The number of pyridine rings is 1. The van der Waals surface area contributed by atoms with Crippen molar-refractivity contribution in [3.05, 3.63) is 76.3 Å². The topological polar surface area (TPSA) is 116 Å². The first-order valence-electron chi connectivity index (χ1n) is 14.6. The predicted octanol–water partition coefficient (Wildman–Crippen LogP) is 2.88. The van der Waals surface area contributed by atoms with Crippen molar-refractivity contribution in [2.45, 2.75) is 45.8 Å². The van der Waals surface area contributed by atoms with Crippen LogP contribution in [0.15, 0.2) is 59.4 Å². The summed E-state index contributed by atoms with van der Waals surface area (Å²) in [5.41, 5.74) is 2.58. The fraction of sp³-hybridized carbons (Fsp3) is 0.406. The summed E-state index contributed by atoms with van der Waals surface area (Å²) in [6, 6.07) is 15.5. The van der Waals surface area contributed by atoms with Gasteiger partial charge in [-0.2, -0.15) is 13.2 Å². The van der Waals surface area contributed by atoms with Crippen molar-refractivity contribution >= 4 is 17.7 Å². The van der Waals surface area contributed by atoms with Crippen LogP contribution in [0.2, 0.25) is 0 Å². The molecule has 0 bridgehead atoms. The molecule has 3 heterocycles. The number of carbonyl (C=O) groups excluding carboxylic acids is 2. The number of amides is 1. The van der Waals surface area contributed by atoms with Gasteiger partial charge in [0.05, 0.1) is 31.9 Å². The number of ether oxygens (including phenoxy) is 2. The number of hydrogen-bond donors (Lipinski definition) is 2. The van der Waals surface area contributed by atoms with Crippen molar-refractivity contribution in [3.8, 4) is 22.6 Å². The van der Waals surface area contributed by atoms with Crippen LogP contribution < -0.4 is 29.9 Å². The number of halogens is 4. The van der Waals surface area contributed by atoms with E-state index < -0.39 is 12.1 Å². The summed E-state index contributed by atoms with van der Waals surface area (Å²) in [5, 5.41) is 8.78. The van der Waals surface area contributed by atoms with Crippen LogP contribution in [0.5, 0.6) is 11.5 Å². The molecule has 2 N–H and O–H groups in total. The summed E-state index contributed by atoms with van der Waals surface area (Å²) in [5.74, 6) is -1.15. The van der Waals surface area contributed by atoms with Crippen molar-refractivity contribution < 1.29 is 46.6 Å². The Morgan fingerprint density at radius 3 is 2.09 bits per heavy atom. The molecule has 2 aromatic carbocycles. The molecule has 0 unspecified atom stereocenters. The summed E-state index contributed by atoms with van der Waals surface area (Å²) in [6.45, 7) is 8.32. The van der Waals surface area contributed by atoms with Crippen molar-refractivity contribution in [2.75, 3.05) is 37.7 Å². The van der Waals surface area contributed by atoms with Gasteiger partial charge in [0.15, 0.2) is 0 Å². The van der Waals surface area contributed by atoms with Crippen LogP contribution in [0.1, 0.15) is 38.7 Å². The Hall–Kier alpha value is -4.39. The number of anilines is 1. The molecule has 1 spiro atoms. The number of H-pyrrole nitrogens is 1. The molecule has 3 aromatic rings. The largest absolute Gasteiger partial charge is 0.542 e. The molecular formula is C32H35F4N3O6. The third-order valence-corrected chi connectivity index (χ3v) is 7.93. The SMILES string of the molecule is CCOc1cc(C[NH+]2CCC3(CC2)CC(=O)N(c2cccc(=O)[nH]2)C3)cc(OCC)c1-c1ccc(F)cc1.O=C([O-])C(F)(F)F. The van der Waals surface area contributed by atoms with Crippen LogP contribution in [0.4, 0.5) is 23.4 Å². The quantitative estimate of drug-likeness (QED) is 0.369. The molecule has 242 valence electrons. The third kappa shape index (κ3) is 8.41. The minimum absolute atomic E-state index is 0.0489. The van der Waals surface area contributed by atoms with E-state index in [1.807, 2.05) is 13.8 Å². The Morgan fingerprint density at radius 1 is 1.00 bits per heavy atom. The second kappa shape index (κ2) is 14.1. The second-order valence-corrected chi connectivity index (χ2v) is 11.1. The highest BCUT2D eigenvalue weighted by molar-refractivity contribution is 5.95. The van der Waals surface area contributed by atoms with E-state index >= 15 is 0 Å². The maximum atomic E-state index is 13.6. The molecule has 2 aliphatic heterocycles. The first-order valence-corrected chi connectivity index (χ1v) is 14.6. The molecule has 45 heavy (non-hydrogen) atoms. The van der Waals surface area contributed by atoms with Gasteiger partial charge in [0, 0.05) is 42.9 Å². The molecular weight excluding hydrogens is 598 g/mol. The zero-order chi connectivity index (χ0) is 32.8. The fourth-order valence-electron chi connectivity index (χ4n) is 5.83. The first kappa shape index (κ1) is 33.5. The number of aliphatic carboxylic acids is 1. The Kier molecular flexibility index (Phi) is 10.5. The van der Waals surface area contributed by atoms with Gasteiger partial charge in [-0.3, -0.25) is 14.5 Å². The number of aromatic amines is 1. The molecule has 0 saturated carbocycles. The molecule has 0 atom stereocenters. The van der Waals surface area contributed by atoms with Crippen molar-refractivity contribution in [2.24, 2.45) is 5.41 Å². The number of hydrogen-bond acceptors (Lipinski definition) is 6. The monoisotopic (exact) mass is 633 g/mol. The van der Waals surface area contributed by atoms with E-state index in [2.05, 4.69) is 17.1 Å². The van der Waals surface area contributed by atoms with Crippen LogP contribution in [0.3, 0.4) is 0 Å². The normalized spacial score (nSPS) is 19.6. The van der Waals surface area contributed by atoms with E-state index in [1.165, 1.54) is 23.1 Å². The predicted molar refractivity (Wildman–Crippen MR) is 155 cm³/mol. The molecule has 2 aliphatic rings. The molecule has 1 amide bonds. The maximum Gasteiger partial charge on any atom is 0.430 e. The molecule has 0 radical (unpaired) electrons. The number of rotatable bonds is 8. The molecule has 1 aromatic heterocycles. The number of carbonyl (C=O) groups is 2. The highest BCUT2D eigenvalue weighted by atomic mass is 19.4. The van der Waals surface area contributed by atoms with Crippen LogP contribution in [0.25, 0.3) is 11.1 Å². The highest BCUT2D eigenvalue weighted by Gasteiger charge is 2.47. The van der Waals surface area contributed by atoms with Gasteiger partial charge in [-0.1, -0.05) is 18.2 Å². The highest BCUT2D eigenvalue weighted by Crippen LogP contribution is 2.41. The number of piperidine rings is 1. The lowest BCUT2D eigenvalue weighted by Gasteiger charge is -2.36. The third-order valence-electron chi connectivity index (χ3n) is 7.93. The van der Waals surface area contributed by atoms with Gasteiger partial charge in [0.2, 0.25) is 11.5 Å². The van der Waals surface area contributed by atoms with Gasteiger partial charge in [-0.05, 0) is 49.7 Å². The number of likely N-dealkylation sites (tertiary alicyclic amines) is 1. The Labute approximate surface area is 257 Å². The number of aromatic nitrogens is 1. The standard InChI is InChI=1S/C30H34FN3O4.C2HF3O2/c1-3-37-24-16-21(17-25(38-4-2)29(24)22-8-10-23(31)11-9-22)19-33-14-12-30(13-15-33)18-28(36)34(20-30)26-6-5-7-27(35)32-26;3-2(4,5)1(6)7/h5-11,16-17H,3-4,12-15,18-20H2,1-2H3,(H,32,35);(H,6,7). The minimum atomic E-state index is -5.19. The number of nitrogens with zero attached hydrogens (tertiary/aromatic N) is 1. The number of alkyl halides is 3. The van der Waals surface area contributed by atoms with Gasteiger partial charge >= 0.3 is 6.18 Å². The summed E-state index contributed by atoms with van der Waals surface area (Å²) in [6.07, 6.45) is -2.77. The molecule has 2 fully saturated rings. The number of benzene rings is 2. The maximum absolute atomic E-state index is 13.6. The Balaban J connectivity index is 0.000000591. The molecule has 13 heteroatoms. The summed E-state index contributed by atoms with van der Waals surface area (Å²) >= 11 is 0. The van der Waals surface area contributed by atoms with E-state index in [0.717, 1.165) is 60.7 Å². The van der Waals surface area contributed by atoms with Gasteiger partial charge in [0.1, 0.15) is 35.6 Å². The van der Waals surface area contributed by atoms with Crippen LogP contribution in [-0.2, 0) is 16.1 Å². The van der Waals surface area contributed by atoms with Crippen molar-refractivity contribution in [1.29, 1.82) is 0 Å².